The monoisotopic (exact) mass is 366 g/mol. The molecule has 6 nitrogen and oxygen atoms in total. The Morgan fingerprint density at radius 1 is 1.38 bits per heavy atom. The highest BCUT2D eigenvalue weighted by Gasteiger charge is 2.03. The van der Waals surface area contributed by atoms with E-state index in [4.69, 9.17) is 12.2 Å². The fourth-order valence-corrected chi connectivity index (χ4v) is 2.20. The fourth-order valence-electron chi connectivity index (χ4n) is 1.58. The van der Waals surface area contributed by atoms with E-state index in [0.29, 0.717) is 5.69 Å². The van der Waals surface area contributed by atoms with Gasteiger partial charge in [0.1, 0.15) is 0 Å². The van der Waals surface area contributed by atoms with E-state index in [-0.39, 0.29) is 22.7 Å². The third-order valence-electron chi connectivity index (χ3n) is 2.47. The number of aromatic nitrogens is 2. The molecule has 1 heterocycles. The zero-order valence-corrected chi connectivity index (χ0v) is 13.1. The molecule has 0 bridgehead atoms. The zero-order valence-electron chi connectivity index (χ0n) is 10.7. The van der Waals surface area contributed by atoms with Crippen LogP contribution in [-0.4, -0.2) is 22.1 Å². The average Bonchev–Trinajstić information content (AvgIpc) is 2.39. The molecule has 21 heavy (non-hydrogen) atoms. The van der Waals surface area contributed by atoms with Crippen LogP contribution in [0.5, 0.6) is 0 Å². The largest absolute Gasteiger partial charge is 0.335 e. The highest BCUT2D eigenvalue weighted by molar-refractivity contribution is 9.10. The number of rotatable bonds is 4. The van der Waals surface area contributed by atoms with Crippen molar-refractivity contribution in [2.75, 3.05) is 0 Å². The number of nitrogens with zero attached hydrogens (tertiary/aromatic N) is 1. The van der Waals surface area contributed by atoms with Crippen LogP contribution in [-0.2, 0) is 11.2 Å². The van der Waals surface area contributed by atoms with Gasteiger partial charge < -0.3 is 4.98 Å². The van der Waals surface area contributed by atoms with Crippen LogP contribution in [0.4, 0.5) is 0 Å². The Labute approximate surface area is 133 Å². The number of hydrogen-bond donors (Lipinski definition) is 3. The van der Waals surface area contributed by atoms with E-state index in [1.54, 1.807) is 0 Å². The minimum absolute atomic E-state index is 0.0130. The van der Waals surface area contributed by atoms with Gasteiger partial charge in [0.2, 0.25) is 5.91 Å². The molecule has 1 aromatic carbocycles. The first-order valence-corrected chi connectivity index (χ1v) is 7.13. The summed E-state index contributed by atoms with van der Waals surface area (Å²) in [7, 11) is 0. The summed E-state index contributed by atoms with van der Waals surface area (Å²) in [4.78, 5) is 28.1. The Kier molecular flexibility index (Phi) is 5.18. The fraction of sp³-hybridized carbons (Fsp3) is 0.0769. The summed E-state index contributed by atoms with van der Waals surface area (Å²) in [6, 6.07) is 8.76. The molecule has 0 spiro atoms. The van der Waals surface area contributed by atoms with Crippen molar-refractivity contribution in [3.05, 3.63) is 61.2 Å². The van der Waals surface area contributed by atoms with Gasteiger partial charge in [-0.25, -0.2) is 5.43 Å². The lowest BCUT2D eigenvalue weighted by Crippen LogP contribution is -2.21. The molecule has 0 fully saturated rings. The van der Waals surface area contributed by atoms with Gasteiger partial charge in [0.05, 0.1) is 12.6 Å². The van der Waals surface area contributed by atoms with Crippen molar-refractivity contribution in [3.8, 4) is 0 Å². The number of nitrogens with one attached hydrogen (secondary N) is 3. The SMILES string of the molecule is O=C(Cc1cc(=O)[nH]c(=S)[nH]1)N/N=C\c1ccccc1Br. The van der Waals surface area contributed by atoms with Crippen molar-refractivity contribution in [2.45, 2.75) is 6.42 Å². The van der Waals surface area contributed by atoms with Crippen LogP contribution in [0.15, 0.2) is 44.7 Å². The molecule has 2 rings (SSSR count). The molecule has 0 aliphatic rings. The van der Waals surface area contributed by atoms with E-state index < -0.39 is 0 Å². The zero-order chi connectivity index (χ0) is 15.2. The number of aromatic amines is 2. The molecular weight excluding hydrogens is 356 g/mol. The van der Waals surface area contributed by atoms with Crippen LogP contribution in [0.3, 0.4) is 0 Å². The summed E-state index contributed by atoms with van der Waals surface area (Å²) in [5.41, 5.74) is 3.31. The van der Waals surface area contributed by atoms with Gasteiger partial charge in [-0.2, -0.15) is 5.10 Å². The summed E-state index contributed by atoms with van der Waals surface area (Å²) >= 11 is 8.20. The van der Waals surface area contributed by atoms with E-state index in [1.165, 1.54) is 12.3 Å². The van der Waals surface area contributed by atoms with Crippen molar-refractivity contribution in [2.24, 2.45) is 5.10 Å². The van der Waals surface area contributed by atoms with E-state index >= 15 is 0 Å². The second-order valence-electron chi connectivity index (χ2n) is 4.10. The summed E-state index contributed by atoms with van der Waals surface area (Å²) < 4.78 is 1.06. The normalized spacial score (nSPS) is 10.7. The van der Waals surface area contributed by atoms with Gasteiger partial charge in [0.25, 0.3) is 5.56 Å². The van der Waals surface area contributed by atoms with E-state index in [9.17, 15) is 9.59 Å². The van der Waals surface area contributed by atoms with Gasteiger partial charge in [-0.3, -0.25) is 14.6 Å². The van der Waals surface area contributed by atoms with Crippen LogP contribution in [0, 0.1) is 4.77 Å². The molecule has 0 atom stereocenters. The number of hydrazone groups is 1. The lowest BCUT2D eigenvalue weighted by molar-refractivity contribution is -0.120. The van der Waals surface area contributed by atoms with Crippen LogP contribution in [0.2, 0.25) is 0 Å². The van der Waals surface area contributed by atoms with Gasteiger partial charge in [0.15, 0.2) is 4.77 Å². The Hall–Kier alpha value is -2.06. The Balaban J connectivity index is 1.98. The van der Waals surface area contributed by atoms with Crippen molar-refractivity contribution in [3.63, 3.8) is 0 Å². The highest BCUT2D eigenvalue weighted by atomic mass is 79.9. The molecule has 108 valence electrons. The van der Waals surface area contributed by atoms with Crippen LogP contribution in [0.1, 0.15) is 11.3 Å². The minimum Gasteiger partial charge on any atom is -0.335 e. The smallest absolute Gasteiger partial charge is 0.251 e. The van der Waals surface area contributed by atoms with Crippen molar-refractivity contribution in [1.29, 1.82) is 0 Å². The molecule has 0 radical (unpaired) electrons. The molecule has 2 aromatic rings. The van der Waals surface area contributed by atoms with Crippen LogP contribution in [0.25, 0.3) is 0 Å². The molecule has 1 amide bonds. The number of benzene rings is 1. The van der Waals surface area contributed by atoms with Crippen LogP contribution < -0.4 is 11.0 Å². The maximum atomic E-state index is 11.7. The summed E-state index contributed by atoms with van der Waals surface area (Å²) in [6.07, 6.45) is 1.52. The summed E-state index contributed by atoms with van der Waals surface area (Å²) in [5.74, 6) is -0.352. The molecule has 0 aliphatic heterocycles. The Bertz CT molecular complexity index is 769. The van der Waals surface area contributed by atoms with Gasteiger partial charge in [-0.15, -0.1) is 0 Å². The maximum Gasteiger partial charge on any atom is 0.251 e. The van der Waals surface area contributed by atoms with E-state index in [2.05, 4.69) is 36.4 Å². The van der Waals surface area contributed by atoms with Gasteiger partial charge in [-0.05, 0) is 18.3 Å². The number of carbonyl (C=O) groups is 1. The second-order valence-corrected chi connectivity index (χ2v) is 5.37. The Morgan fingerprint density at radius 2 is 2.14 bits per heavy atom. The topological polar surface area (TPSA) is 90.1 Å². The highest BCUT2D eigenvalue weighted by Crippen LogP contribution is 2.13. The minimum atomic E-state index is -0.352. The molecule has 0 saturated carbocycles. The second kappa shape index (κ2) is 7.09. The molecule has 0 aliphatic carbocycles. The molecular formula is C13H11BrN4O2S. The van der Waals surface area contributed by atoms with Crippen molar-refractivity contribution < 1.29 is 4.79 Å². The van der Waals surface area contributed by atoms with Gasteiger partial charge in [0, 0.05) is 21.8 Å². The van der Waals surface area contributed by atoms with Gasteiger partial charge >= 0.3 is 0 Å². The molecule has 8 heteroatoms. The number of amides is 1. The first-order valence-electron chi connectivity index (χ1n) is 5.93. The molecule has 1 aromatic heterocycles. The third-order valence-corrected chi connectivity index (χ3v) is 3.39. The quantitative estimate of drug-likeness (QED) is 0.438. The van der Waals surface area contributed by atoms with E-state index in [1.807, 2.05) is 24.3 Å². The standard InChI is InChI=1S/C13H11BrN4O2S/c14-10-4-2-1-3-8(10)7-15-18-12(20)6-9-5-11(19)17-13(21)16-9/h1-5,7H,6H2,(H,18,20)(H2,16,17,19,21)/b15-7-. The first kappa shape index (κ1) is 15.3. The summed E-state index contributed by atoms with van der Waals surface area (Å²) in [6.45, 7) is 0. The Morgan fingerprint density at radius 3 is 2.86 bits per heavy atom. The van der Waals surface area contributed by atoms with E-state index in [0.717, 1.165) is 10.0 Å². The predicted molar refractivity (Wildman–Crippen MR) is 85.8 cm³/mol. The molecule has 0 unspecified atom stereocenters. The molecule has 3 N–H and O–H groups in total. The first-order chi connectivity index (χ1) is 10.0. The van der Waals surface area contributed by atoms with Crippen molar-refractivity contribution >= 4 is 40.3 Å². The lowest BCUT2D eigenvalue weighted by atomic mass is 10.2. The third kappa shape index (κ3) is 4.76. The number of hydrogen-bond acceptors (Lipinski definition) is 4. The predicted octanol–water partition coefficient (Wildman–Crippen LogP) is 1.89. The van der Waals surface area contributed by atoms with Crippen LogP contribution >= 0.6 is 28.1 Å². The van der Waals surface area contributed by atoms with Gasteiger partial charge in [-0.1, -0.05) is 34.1 Å². The number of H-pyrrole nitrogens is 2. The number of halogens is 1. The average molecular weight is 367 g/mol. The maximum absolute atomic E-state index is 11.7. The van der Waals surface area contributed by atoms with Crippen molar-refractivity contribution in [1.82, 2.24) is 15.4 Å². The lowest BCUT2D eigenvalue weighted by Gasteiger charge is -2.01. The summed E-state index contributed by atoms with van der Waals surface area (Å²) in [5, 5.41) is 3.86. The molecule has 0 saturated heterocycles. The number of carbonyl (C=O) groups excluding carboxylic acids is 1.